The summed E-state index contributed by atoms with van der Waals surface area (Å²) >= 11 is 0. The van der Waals surface area contributed by atoms with Gasteiger partial charge in [-0.3, -0.25) is 9.59 Å². The number of carboxylic acid groups (broad SMARTS) is 1. The maximum Gasteiger partial charge on any atom is 0.308 e. The predicted molar refractivity (Wildman–Crippen MR) is 76.6 cm³/mol. The van der Waals surface area contributed by atoms with Crippen molar-refractivity contribution in [2.24, 2.45) is 5.92 Å². The molecule has 2 atom stereocenters. The molecule has 110 valence electrons. The summed E-state index contributed by atoms with van der Waals surface area (Å²) in [5, 5.41) is 12.0. The highest BCUT2D eigenvalue weighted by Crippen LogP contribution is 2.25. The first-order chi connectivity index (χ1) is 10.1. The highest BCUT2D eigenvalue weighted by atomic mass is 16.4. The van der Waals surface area contributed by atoms with Crippen LogP contribution >= 0.6 is 0 Å². The highest BCUT2D eigenvalue weighted by molar-refractivity contribution is 5.81. The van der Waals surface area contributed by atoms with Gasteiger partial charge in [-0.25, -0.2) is 4.98 Å². The zero-order chi connectivity index (χ0) is 14.8. The van der Waals surface area contributed by atoms with E-state index in [0.717, 1.165) is 23.9 Å². The fourth-order valence-corrected chi connectivity index (χ4v) is 2.97. The number of nitrogens with one attached hydrogen (secondary N) is 1. The molecule has 0 bridgehead atoms. The molecule has 1 aliphatic rings. The van der Waals surface area contributed by atoms with Crippen molar-refractivity contribution in [1.29, 1.82) is 0 Å². The van der Waals surface area contributed by atoms with Crippen LogP contribution in [0.5, 0.6) is 0 Å². The Morgan fingerprint density at radius 1 is 1.33 bits per heavy atom. The van der Waals surface area contributed by atoms with E-state index in [4.69, 9.17) is 5.11 Å². The molecular formula is C15H17N3O3. The van der Waals surface area contributed by atoms with E-state index in [1.807, 2.05) is 24.3 Å². The second-order valence-electron chi connectivity index (χ2n) is 5.41. The lowest BCUT2D eigenvalue weighted by Crippen LogP contribution is -2.41. The number of imidazole rings is 1. The van der Waals surface area contributed by atoms with Gasteiger partial charge in [-0.2, -0.15) is 0 Å². The van der Waals surface area contributed by atoms with Gasteiger partial charge < -0.3 is 15.0 Å². The topological polar surface area (TPSA) is 84.2 Å². The van der Waals surface area contributed by atoms with E-state index in [0.29, 0.717) is 6.42 Å². The summed E-state index contributed by atoms with van der Waals surface area (Å²) in [7, 11) is 0. The Morgan fingerprint density at radius 3 is 2.95 bits per heavy atom. The zero-order valence-electron chi connectivity index (χ0n) is 11.5. The van der Waals surface area contributed by atoms with Gasteiger partial charge in [0.05, 0.1) is 23.3 Å². The Hall–Kier alpha value is -2.37. The van der Waals surface area contributed by atoms with E-state index in [9.17, 15) is 9.59 Å². The number of aromatic nitrogens is 2. The first kappa shape index (κ1) is 13.6. The molecule has 1 amide bonds. The first-order valence-corrected chi connectivity index (χ1v) is 7.07. The Balaban J connectivity index is 1.68. The van der Waals surface area contributed by atoms with Crippen molar-refractivity contribution in [2.45, 2.75) is 31.8 Å². The number of amides is 1. The number of hydrogen-bond donors (Lipinski definition) is 2. The minimum absolute atomic E-state index is 0.156. The summed E-state index contributed by atoms with van der Waals surface area (Å²) in [5.41, 5.74) is 1.74. The molecule has 0 spiro atoms. The number of fused-ring (bicyclic) bond motifs is 1. The molecule has 1 heterocycles. The minimum atomic E-state index is -0.828. The number of carbonyl (C=O) groups excluding carboxylic acids is 1. The molecule has 2 aromatic rings. The smallest absolute Gasteiger partial charge is 0.308 e. The summed E-state index contributed by atoms with van der Waals surface area (Å²) in [5.74, 6) is -1.46. The molecule has 2 unspecified atom stereocenters. The molecule has 6 nitrogen and oxygen atoms in total. The molecule has 21 heavy (non-hydrogen) atoms. The predicted octanol–water partition coefficient (Wildman–Crippen LogP) is 1.41. The molecule has 1 saturated carbocycles. The van der Waals surface area contributed by atoms with E-state index >= 15 is 0 Å². The number of aliphatic carboxylic acids is 1. The molecular weight excluding hydrogens is 270 g/mol. The van der Waals surface area contributed by atoms with Crippen molar-refractivity contribution in [3.8, 4) is 0 Å². The molecule has 3 rings (SSSR count). The molecule has 0 radical (unpaired) electrons. The number of hydrogen-bond acceptors (Lipinski definition) is 3. The Morgan fingerprint density at radius 2 is 2.14 bits per heavy atom. The lowest BCUT2D eigenvalue weighted by molar-refractivity contribution is -0.142. The zero-order valence-corrected chi connectivity index (χ0v) is 11.5. The van der Waals surface area contributed by atoms with Crippen molar-refractivity contribution in [3.05, 3.63) is 30.6 Å². The quantitative estimate of drug-likeness (QED) is 0.890. The highest BCUT2D eigenvalue weighted by Gasteiger charge is 2.33. The number of benzene rings is 1. The normalized spacial score (nSPS) is 21.5. The number of carbonyl (C=O) groups is 2. The van der Waals surface area contributed by atoms with Crippen LogP contribution < -0.4 is 5.32 Å². The third-order valence-electron chi connectivity index (χ3n) is 4.02. The molecule has 2 N–H and O–H groups in total. The Bertz CT molecular complexity index is 680. The van der Waals surface area contributed by atoms with Gasteiger partial charge in [-0.15, -0.1) is 0 Å². The molecule has 0 aliphatic heterocycles. The molecule has 6 heteroatoms. The van der Waals surface area contributed by atoms with E-state index in [1.165, 1.54) is 0 Å². The SMILES string of the molecule is O=C(Cn1cnc2ccccc21)NC1CCCC1C(=O)O. The van der Waals surface area contributed by atoms with Crippen molar-refractivity contribution in [2.75, 3.05) is 0 Å². The Labute approximate surface area is 121 Å². The van der Waals surface area contributed by atoms with Gasteiger partial charge in [0.25, 0.3) is 0 Å². The molecule has 1 fully saturated rings. The lowest BCUT2D eigenvalue weighted by Gasteiger charge is -2.17. The van der Waals surface area contributed by atoms with Gasteiger partial charge in [0, 0.05) is 6.04 Å². The van der Waals surface area contributed by atoms with Crippen LogP contribution in [0, 0.1) is 5.92 Å². The minimum Gasteiger partial charge on any atom is -0.481 e. The summed E-state index contributed by atoms with van der Waals surface area (Å²) in [6.07, 6.45) is 3.84. The average Bonchev–Trinajstić information content (AvgIpc) is 3.06. The van der Waals surface area contributed by atoms with Gasteiger partial charge in [0.1, 0.15) is 6.54 Å². The molecule has 1 aromatic carbocycles. The maximum atomic E-state index is 12.1. The van der Waals surface area contributed by atoms with Gasteiger partial charge >= 0.3 is 5.97 Å². The van der Waals surface area contributed by atoms with Crippen LogP contribution in [0.3, 0.4) is 0 Å². The van der Waals surface area contributed by atoms with Crippen LogP contribution in [0.4, 0.5) is 0 Å². The summed E-state index contributed by atoms with van der Waals surface area (Å²) in [6, 6.07) is 7.34. The molecule has 1 aliphatic carbocycles. The van der Waals surface area contributed by atoms with Crippen LogP contribution in [0.2, 0.25) is 0 Å². The van der Waals surface area contributed by atoms with E-state index in [-0.39, 0.29) is 18.5 Å². The number of para-hydroxylation sites is 2. The number of carboxylic acids is 1. The van der Waals surface area contributed by atoms with Crippen LogP contribution in [-0.2, 0) is 16.1 Å². The Kier molecular flexibility index (Phi) is 3.60. The van der Waals surface area contributed by atoms with Gasteiger partial charge in [-0.1, -0.05) is 18.6 Å². The fraction of sp³-hybridized carbons (Fsp3) is 0.400. The van der Waals surface area contributed by atoms with E-state index < -0.39 is 11.9 Å². The molecule has 0 saturated heterocycles. The van der Waals surface area contributed by atoms with Crippen molar-refractivity contribution in [1.82, 2.24) is 14.9 Å². The van der Waals surface area contributed by atoms with E-state index in [2.05, 4.69) is 10.3 Å². The fourth-order valence-electron chi connectivity index (χ4n) is 2.97. The van der Waals surface area contributed by atoms with Gasteiger partial charge in [-0.05, 0) is 25.0 Å². The third-order valence-corrected chi connectivity index (χ3v) is 4.02. The van der Waals surface area contributed by atoms with Crippen LogP contribution in [0.1, 0.15) is 19.3 Å². The van der Waals surface area contributed by atoms with Crippen molar-refractivity contribution < 1.29 is 14.7 Å². The lowest BCUT2D eigenvalue weighted by atomic mass is 10.0. The molecule has 1 aromatic heterocycles. The van der Waals surface area contributed by atoms with Gasteiger partial charge in [0.2, 0.25) is 5.91 Å². The number of rotatable bonds is 4. The van der Waals surface area contributed by atoms with Crippen molar-refractivity contribution >= 4 is 22.9 Å². The monoisotopic (exact) mass is 287 g/mol. The summed E-state index contributed by atoms with van der Waals surface area (Å²) in [4.78, 5) is 27.5. The summed E-state index contributed by atoms with van der Waals surface area (Å²) < 4.78 is 1.77. The maximum absolute atomic E-state index is 12.1. The van der Waals surface area contributed by atoms with Crippen LogP contribution in [-0.4, -0.2) is 32.6 Å². The second kappa shape index (κ2) is 5.55. The second-order valence-corrected chi connectivity index (χ2v) is 5.41. The van der Waals surface area contributed by atoms with Crippen LogP contribution in [0.25, 0.3) is 11.0 Å². The first-order valence-electron chi connectivity index (χ1n) is 7.07. The average molecular weight is 287 g/mol. The van der Waals surface area contributed by atoms with Crippen molar-refractivity contribution in [3.63, 3.8) is 0 Å². The third kappa shape index (κ3) is 2.74. The van der Waals surface area contributed by atoms with E-state index in [1.54, 1.807) is 10.9 Å². The van der Waals surface area contributed by atoms with Crippen LogP contribution in [0.15, 0.2) is 30.6 Å². The largest absolute Gasteiger partial charge is 0.481 e. The van der Waals surface area contributed by atoms with Gasteiger partial charge in [0.15, 0.2) is 0 Å². The number of nitrogens with zero attached hydrogens (tertiary/aromatic N) is 2. The standard InChI is InChI=1S/C15H17N3O3/c19-14(17-11-6-3-4-10(11)15(20)21)8-18-9-16-12-5-1-2-7-13(12)18/h1-2,5,7,9-11H,3-4,6,8H2,(H,17,19)(H,20,21). The summed E-state index contributed by atoms with van der Waals surface area (Å²) in [6.45, 7) is 0.156.